The maximum atomic E-state index is 12.0. The average Bonchev–Trinajstić information content (AvgIpc) is 2.26. The Morgan fingerprint density at radius 1 is 1.28 bits per heavy atom. The molecule has 0 fully saturated rings. The number of Topliss-reactive ketones (excluding diaryl/α,β-unsaturated/α-hetero) is 1. The number of hydrogen-bond acceptors (Lipinski definition) is 2. The van der Waals surface area contributed by atoms with Crippen LogP contribution in [0.15, 0.2) is 18.2 Å². The molecule has 2 nitrogen and oxygen atoms in total. The van der Waals surface area contributed by atoms with Crippen LogP contribution in [0.1, 0.15) is 63.9 Å². The molecule has 0 aromatic heterocycles. The van der Waals surface area contributed by atoms with Crippen molar-refractivity contribution in [2.45, 2.75) is 59.5 Å². The van der Waals surface area contributed by atoms with Crippen LogP contribution in [0.3, 0.4) is 0 Å². The molecule has 0 N–H and O–H groups in total. The normalized spacial score (nSPS) is 11.7. The lowest BCUT2D eigenvalue weighted by Crippen LogP contribution is -2.14. The van der Waals surface area contributed by atoms with Gasteiger partial charge in [0, 0.05) is 6.42 Å². The maximum Gasteiger partial charge on any atom is 0.166 e. The first-order chi connectivity index (χ1) is 8.25. The lowest BCUT2D eigenvalue weighted by Gasteiger charge is -2.21. The summed E-state index contributed by atoms with van der Waals surface area (Å²) in [4.78, 5) is 12.0. The number of ketones is 1. The Kier molecular flexibility index (Phi) is 4.55. The van der Waals surface area contributed by atoms with Gasteiger partial charge in [-0.1, -0.05) is 33.8 Å². The highest BCUT2D eigenvalue weighted by atomic mass is 16.5. The van der Waals surface area contributed by atoms with E-state index in [1.165, 1.54) is 0 Å². The summed E-state index contributed by atoms with van der Waals surface area (Å²) in [5.74, 6) is 0.835. The summed E-state index contributed by atoms with van der Waals surface area (Å²) < 4.78 is 5.72. The van der Waals surface area contributed by atoms with Crippen LogP contribution < -0.4 is 4.74 Å². The molecule has 1 rings (SSSR count). The van der Waals surface area contributed by atoms with Crippen LogP contribution in [0.2, 0.25) is 0 Å². The second kappa shape index (κ2) is 5.55. The zero-order valence-electron chi connectivity index (χ0n) is 12.3. The largest absolute Gasteiger partial charge is 0.490 e. The van der Waals surface area contributed by atoms with E-state index in [9.17, 15) is 4.79 Å². The Morgan fingerprint density at radius 2 is 1.89 bits per heavy atom. The Balaban J connectivity index is 3.25. The van der Waals surface area contributed by atoms with Crippen LogP contribution in [0.25, 0.3) is 0 Å². The molecule has 0 saturated carbocycles. The monoisotopic (exact) mass is 248 g/mol. The molecule has 0 aliphatic carbocycles. The number of ether oxygens (including phenoxy) is 1. The van der Waals surface area contributed by atoms with E-state index in [0.29, 0.717) is 17.7 Å². The van der Waals surface area contributed by atoms with E-state index in [1.807, 2.05) is 39.0 Å². The van der Waals surface area contributed by atoms with E-state index in [-0.39, 0.29) is 17.3 Å². The number of carbonyl (C=O) groups excluding carboxylic acids is 1. The van der Waals surface area contributed by atoms with Gasteiger partial charge in [-0.05, 0) is 37.0 Å². The molecule has 0 aliphatic heterocycles. The molecule has 0 unspecified atom stereocenters. The highest BCUT2D eigenvalue weighted by Gasteiger charge is 2.19. The maximum absolute atomic E-state index is 12.0. The van der Waals surface area contributed by atoms with E-state index in [1.54, 1.807) is 0 Å². The quantitative estimate of drug-likeness (QED) is 0.740. The molecule has 0 saturated heterocycles. The smallest absolute Gasteiger partial charge is 0.166 e. The predicted octanol–water partition coefficient (Wildman–Crippen LogP) is 4.36. The second-order valence-electron chi connectivity index (χ2n) is 5.90. The van der Waals surface area contributed by atoms with Gasteiger partial charge in [-0.25, -0.2) is 0 Å². The van der Waals surface area contributed by atoms with Gasteiger partial charge in [0.15, 0.2) is 5.78 Å². The third-order valence-electron chi connectivity index (χ3n) is 2.83. The Bertz CT molecular complexity index is 425. The first kappa shape index (κ1) is 14.7. The van der Waals surface area contributed by atoms with Crippen molar-refractivity contribution in [1.82, 2.24) is 0 Å². The Hall–Kier alpha value is -1.31. The Morgan fingerprint density at radius 3 is 2.33 bits per heavy atom. The zero-order valence-corrected chi connectivity index (χ0v) is 12.3. The van der Waals surface area contributed by atoms with E-state index in [4.69, 9.17) is 4.74 Å². The summed E-state index contributed by atoms with van der Waals surface area (Å²) in [6, 6.07) is 5.94. The minimum atomic E-state index is 0.0408. The van der Waals surface area contributed by atoms with Crippen LogP contribution in [-0.4, -0.2) is 11.9 Å². The van der Waals surface area contributed by atoms with Gasteiger partial charge in [0.05, 0.1) is 11.7 Å². The van der Waals surface area contributed by atoms with Crippen molar-refractivity contribution in [1.29, 1.82) is 0 Å². The predicted molar refractivity (Wildman–Crippen MR) is 75.5 cm³/mol. The standard InChI is InChI=1S/C16H24O2/c1-7-14(17)13-10-12(16(4,5)6)8-9-15(13)18-11(2)3/h8-11H,7H2,1-6H3. The van der Waals surface area contributed by atoms with Crippen LogP contribution in [-0.2, 0) is 5.41 Å². The van der Waals surface area contributed by atoms with Crippen molar-refractivity contribution in [3.05, 3.63) is 29.3 Å². The fourth-order valence-corrected chi connectivity index (χ4v) is 1.76. The molecular weight excluding hydrogens is 224 g/mol. The fraction of sp³-hybridized carbons (Fsp3) is 0.562. The molecule has 2 heteroatoms. The van der Waals surface area contributed by atoms with Gasteiger partial charge in [-0.2, -0.15) is 0 Å². The molecule has 0 bridgehead atoms. The molecule has 0 amide bonds. The van der Waals surface area contributed by atoms with Crippen LogP contribution >= 0.6 is 0 Å². The molecule has 0 spiro atoms. The van der Waals surface area contributed by atoms with Gasteiger partial charge in [0.1, 0.15) is 5.75 Å². The molecule has 0 atom stereocenters. The molecule has 0 radical (unpaired) electrons. The number of benzene rings is 1. The molecule has 0 heterocycles. The fourth-order valence-electron chi connectivity index (χ4n) is 1.76. The van der Waals surface area contributed by atoms with Crippen LogP contribution in [0.5, 0.6) is 5.75 Å². The first-order valence-electron chi connectivity index (χ1n) is 6.60. The first-order valence-corrected chi connectivity index (χ1v) is 6.60. The second-order valence-corrected chi connectivity index (χ2v) is 5.90. The third kappa shape index (κ3) is 3.59. The molecule has 1 aromatic rings. The SMILES string of the molecule is CCC(=O)c1cc(C(C)(C)C)ccc1OC(C)C. The Labute approximate surface area is 110 Å². The van der Waals surface area contributed by atoms with Gasteiger partial charge in [-0.15, -0.1) is 0 Å². The minimum absolute atomic E-state index is 0.0408. The molecular formula is C16H24O2. The molecule has 0 aliphatic rings. The van der Waals surface area contributed by atoms with Gasteiger partial charge < -0.3 is 4.74 Å². The summed E-state index contributed by atoms with van der Waals surface area (Å²) >= 11 is 0. The minimum Gasteiger partial charge on any atom is -0.490 e. The molecule has 18 heavy (non-hydrogen) atoms. The lowest BCUT2D eigenvalue weighted by atomic mass is 9.85. The van der Waals surface area contributed by atoms with Gasteiger partial charge in [0.2, 0.25) is 0 Å². The van der Waals surface area contributed by atoms with Crippen molar-refractivity contribution < 1.29 is 9.53 Å². The van der Waals surface area contributed by atoms with Gasteiger partial charge >= 0.3 is 0 Å². The van der Waals surface area contributed by atoms with Gasteiger partial charge in [-0.3, -0.25) is 4.79 Å². The van der Waals surface area contributed by atoms with E-state index >= 15 is 0 Å². The van der Waals surface area contributed by atoms with E-state index < -0.39 is 0 Å². The summed E-state index contributed by atoms with van der Waals surface area (Å²) in [7, 11) is 0. The molecule has 100 valence electrons. The van der Waals surface area contributed by atoms with Crippen molar-refractivity contribution in [3.63, 3.8) is 0 Å². The number of carbonyl (C=O) groups is 1. The highest BCUT2D eigenvalue weighted by Crippen LogP contribution is 2.29. The van der Waals surface area contributed by atoms with Crippen molar-refractivity contribution in [2.24, 2.45) is 0 Å². The summed E-state index contributed by atoms with van der Waals surface area (Å²) in [6.45, 7) is 12.3. The van der Waals surface area contributed by atoms with Crippen molar-refractivity contribution in [3.8, 4) is 5.75 Å². The summed E-state index contributed by atoms with van der Waals surface area (Å²) in [5.41, 5.74) is 1.91. The lowest BCUT2D eigenvalue weighted by molar-refractivity contribution is 0.0982. The zero-order chi connectivity index (χ0) is 13.9. The topological polar surface area (TPSA) is 26.3 Å². The molecule has 1 aromatic carbocycles. The third-order valence-corrected chi connectivity index (χ3v) is 2.83. The van der Waals surface area contributed by atoms with E-state index in [0.717, 1.165) is 5.56 Å². The number of hydrogen-bond donors (Lipinski definition) is 0. The van der Waals surface area contributed by atoms with Crippen molar-refractivity contribution in [2.75, 3.05) is 0 Å². The van der Waals surface area contributed by atoms with Crippen LogP contribution in [0.4, 0.5) is 0 Å². The highest BCUT2D eigenvalue weighted by molar-refractivity contribution is 5.98. The van der Waals surface area contributed by atoms with E-state index in [2.05, 4.69) is 20.8 Å². The summed E-state index contributed by atoms with van der Waals surface area (Å²) in [5, 5.41) is 0. The van der Waals surface area contributed by atoms with Gasteiger partial charge in [0.25, 0.3) is 0 Å². The summed E-state index contributed by atoms with van der Waals surface area (Å²) in [6.07, 6.45) is 0.580. The van der Waals surface area contributed by atoms with Crippen LogP contribution in [0, 0.1) is 0 Å². The number of rotatable bonds is 4. The van der Waals surface area contributed by atoms with Crippen molar-refractivity contribution >= 4 is 5.78 Å². The average molecular weight is 248 g/mol.